The summed E-state index contributed by atoms with van der Waals surface area (Å²) in [5, 5.41) is 11.1. The number of benzene rings is 1. The summed E-state index contributed by atoms with van der Waals surface area (Å²) < 4.78 is 2.20. The van der Waals surface area contributed by atoms with Gasteiger partial charge in [0, 0.05) is 29.7 Å². The average molecular weight is 483 g/mol. The Hall–Kier alpha value is -2.48. The second kappa shape index (κ2) is 8.70. The topological polar surface area (TPSA) is 71.2 Å². The molecule has 0 bridgehead atoms. The molecular formula is C25H27ClN4O2S. The van der Waals surface area contributed by atoms with Gasteiger partial charge in [0.25, 0.3) is 5.56 Å². The fourth-order valence-corrected chi connectivity index (χ4v) is 6.07. The fourth-order valence-electron chi connectivity index (χ4n) is 4.79. The van der Waals surface area contributed by atoms with Gasteiger partial charge < -0.3 is 10.0 Å². The maximum absolute atomic E-state index is 13.9. The minimum atomic E-state index is -0.137. The molecule has 1 aromatic carbocycles. The van der Waals surface area contributed by atoms with Crippen molar-refractivity contribution in [1.82, 2.24) is 14.5 Å². The third kappa shape index (κ3) is 3.82. The third-order valence-electron chi connectivity index (χ3n) is 6.22. The first-order valence-corrected chi connectivity index (χ1v) is 12.6. The normalized spacial score (nSPS) is 13.4. The summed E-state index contributed by atoms with van der Waals surface area (Å²) in [5.41, 5.74) is 5.07. The van der Waals surface area contributed by atoms with Crippen LogP contribution >= 0.6 is 22.9 Å². The van der Waals surface area contributed by atoms with Crippen LogP contribution in [0.5, 0.6) is 0 Å². The highest BCUT2D eigenvalue weighted by molar-refractivity contribution is 7.25. The number of aromatic nitrogens is 3. The summed E-state index contributed by atoms with van der Waals surface area (Å²) >= 11 is 7.68. The summed E-state index contributed by atoms with van der Waals surface area (Å²) in [4.78, 5) is 26.7. The molecule has 3 aromatic heterocycles. The fraction of sp³-hybridized carbons (Fsp3) is 0.400. The van der Waals surface area contributed by atoms with Gasteiger partial charge in [-0.1, -0.05) is 31.5 Å². The van der Waals surface area contributed by atoms with Crippen molar-refractivity contribution in [2.24, 2.45) is 5.92 Å². The summed E-state index contributed by atoms with van der Waals surface area (Å²) in [6, 6.07) is 7.21. The van der Waals surface area contributed by atoms with E-state index in [2.05, 4.69) is 13.8 Å². The van der Waals surface area contributed by atoms with Gasteiger partial charge >= 0.3 is 0 Å². The molecule has 0 fully saturated rings. The summed E-state index contributed by atoms with van der Waals surface area (Å²) in [6.07, 6.45) is 4.08. The number of thiophene rings is 1. The minimum absolute atomic E-state index is 0.0418. The number of aliphatic hydroxyl groups excluding tert-OH is 1. The predicted molar refractivity (Wildman–Crippen MR) is 136 cm³/mol. The summed E-state index contributed by atoms with van der Waals surface area (Å²) in [7, 11) is 1.84. The van der Waals surface area contributed by atoms with Crippen LogP contribution in [0.25, 0.3) is 26.1 Å². The van der Waals surface area contributed by atoms with Gasteiger partial charge in [0.1, 0.15) is 15.0 Å². The van der Waals surface area contributed by atoms with Crippen molar-refractivity contribution in [2.75, 3.05) is 25.1 Å². The van der Waals surface area contributed by atoms with Crippen molar-refractivity contribution in [3.05, 3.63) is 56.5 Å². The van der Waals surface area contributed by atoms with Gasteiger partial charge in [0.05, 0.1) is 12.3 Å². The van der Waals surface area contributed by atoms with Gasteiger partial charge in [0.2, 0.25) is 5.95 Å². The number of likely N-dealkylation sites (N-methyl/N-ethyl adjacent to an activating group) is 1. The third-order valence-corrected chi connectivity index (χ3v) is 7.52. The smallest absolute Gasteiger partial charge is 0.277 e. The van der Waals surface area contributed by atoms with E-state index >= 15 is 0 Å². The lowest BCUT2D eigenvalue weighted by Crippen LogP contribution is -2.31. The van der Waals surface area contributed by atoms with Crippen molar-refractivity contribution >= 4 is 49.3 Å². The number of aryl methyl sites for hydroxylation is 1. The number of fused-ring (bicyclic) bond motifs is 5. The van der Waals surface area contributed by atoms with Crippen molar-refractivity contribution in [3.63, 3.8) is 0 Å². The van der Waals surface area contributed by atoms with Gasteiger partial charge in [0.15, 0.2) is 0 Å². The second-order valence-electron chi connectivity index (χ2n) is 9.10. The molecule has 0 radical (unpaired) electrons. The van der Waals surface area contributed by atoms with E-state index in [1.54, 1.807) is 16.7 Å². The average Bonchev–Trinajstić information content (AvgIpc) is 3.38. The van der Waals surface area contributed by atoms with Crippen molar-refractivity contribution in [1.29, 1.82) is 0 Å². The highest BCUT2D eigenvalue weighted by Gasteiger charge is 2.26. The molecular weight excluding hydrogens is 456 g/mol. The summed E-state index contributed by atoms with van der Waals surface area (Å²) in [5.74, 6) is 1.01. The number of hydrogen-bond acceptors (Lipinski definition) is 6. The van der Waals surface area contributed by atoms with Gasteiger partial charge in [-0.25, -0.2) is 14.5 Å². The second-order valence-corrected chi connectivity index (χ2v) is 10.5. The first-order chi connectivity index (χ1) is 15.9. The standard InChI is InChI=1S/C25H27ClN4O2S/c1-14(2)12-19-17-8-5-9-18(17)20-21-22(33-23(20)27-19)24(32)30(16-7-4-6-15(26)13-16)25(28-21)29(3)10-11-31/h4,6-7,13-14,31H,5,8-12H2,1-3H3. The van der Waals surface area contributed by atoms with Gasteiger partial charge in [-0.3, -0.25) is 4.79 Å². The molecule has 0 aliphatic heterocycles. The van der Waals surface area contributed by atoms with Crippen molar-refractivity contribution < 1.29 is 5.11 Å². The Balaban J connectivity index is 1.86. The van der Waals surface area contributed by atoms with Crippen LogP contribution < -0.4 is 10.5 Å². The van der Waals surface area contributed by atoms with E-state index in [9.17, 15) is 9.90 Å². The van der Waals surface area contributed by atoms with Crippen LogP contribution in [0.3, 0.4) is 0 Å². The first-order valence-electron chi connectivity index (χ1n) is 11.4. The minimum Gasteiger partial charge on any atom is -0.395 e. The largest absolute Gasteiger partial charge is 0.395 e. The SMILES string of the molecule is CC(C)Cc1nc2sc3c(=O)n(-c4cccc(Cl)c4)c(N(C)CCO)nc3c2c2c1CCC2. The van der Waals surface area contributed by atoms with Gasteiger partial charge in [-0.15, -0.1) is 11.3 Å². The van der Waals surface area contributed by atoms with Crippen LogP contribution in [-0.4, -0.2) is 39.8 Å². The Labute approximate surface area is 201 Å². The number of hydrogen-bond donors (Lipinski definition) is 1. The summed E-state index contributed by atoms with van der Waals surface area (Å²) in [6.45, 7) is 4.74. The van der Waals surface area contributed by atoms with E-state index in [1.807, 2.05) is 24.1 Å². The zero-order chi connectivity index (χ0) is 23.3. The molecule has 8 heteroatoms. The lowest BCUT2D eigenvalue weighted by Gasteiger charge is -2.21. The molecule has 0 atom stereocenters. The van der Waals surface area contributed by atoms with E-state index in [4.69, 9.17) is 21.6 Å². The Kier molecular flexibility index (Phi) is 5.89. The maximum atomic E-state index is 13.9. The van der Waals surface area contributed by atoms with E-state index in [1.165, 1.54) is 28.2 Å². The molecule has 1 aliphatic carbocycles. The number of nitrogens with zero attached hydrogens (tertiary/aromatic N) is 4. The lowest BCUT2D eigenvalue weighted by atomic mass is 9.99. The number of aliphatic hydroxyl groups is 1. The molecule has 3 heterocycles. The maximum Gasteiger partial charge on any atom is 0.277 e. The highest BCUT2D eigenvalue weighted by atomic mass is 35.5. The Morgan fingerprint density at radius 1 is 1.24 bits per heavy atom. The molecule has 172 valence electrons. The van der Waals surface area contributed by atoms with E-state index in [-0.39, 0.29) is 12.2 Å². The zero-order valence-electron chi connectivity index (χ0n) is 19.1. The molecule has 0 saturated carbocycles. The van der Waals surface area contributed by atoms with E-state index in [0.29, 0.717) is 33.8 Å². The van der Waals surface area contributed by atoms with Crippen LogP contribution in [0.4, 0.5) is 5.95 Å². The van der Waals surface area contributed by atoms with Crippen molar-refractivity contribution in [3.8, 4) is 5.69 Å². The number of rotatable bonds is 6. The van der Waals surface area contributed by atoms with E-state index in [0.717, 1.165) is 41.4 Å². The number of halogens is 1. The van der Waals surface area contributed by atoms with Crippen LogP contribution in [0.2, 0.25) is 5.02 Å². The molecule has 4 aromatic rings. The quantitative estimate of drug-likeness (QED) is 0.429. The molecule has 0 amide bonds. The Morgan fingerprint density at radius 3 is 2.76 bits per heavy atom. The predicted octanol–water partition coefficient (Wildman–Crippen LogP) is 4.76. The van der Waals surface area contributed by atoms with E-state index < -0.39 is 0 Å². The molecule has 0 spiro atoms. The molecule has 0 saturated heterocycles. The number of anilines is 1. The zero-order valence-corrected chi connectivity index (χ0v) is 20.6. The number of pyridine rings is 1. The highest BCUT2D eigenvalue weighted by Crippen LogP contribution is 2.39. The lowest BCUT2D eigenvalue weighted by molar-refractivity contribution is 0.303. The van der Waals surface area contributed by atoms with Crippen molar-refractivity contribution in [2.45, 2.75) is 39.5 Å². The first kappa shape index (κ1) is 22.3. The Bertz CT molecular complexity index is 1430. The van der Waals surface area contributed by atoms with Crippen LogP contribution in [0.1, 0.15) is 37.1 Å². The molecule has 5 rings (SSSR count). The molecule has 1 aliphatic rings. The van der Waals surface area contributed by atoms with Gasteiger partial charge in [-0.2, -0.15) is 0 Å². The van der Waals surface area contributed by atoms with Crippen LogP contribution in [0, 0.1) is 5.92 Å². The van der Waals surface area contributed by atoms with Crippen LogP contribution in [0.15, 0.2) is 29.1 Å². The molecule has 0 unspecified atom stereocenters. The molecule has 6 nitrogen and oxygen atoms in total. The van der Waals surface area contributed by atoms with Crippen LogP contribution in [-0.2, 0) is 19.3 Å². The molecule has 33 heavy (non-hydrogen) atoms. The van der Waals surface area contributed by atoms with Gasteiger partial charge in [-0.05, 0) is 60.9 Å². The molecule has 1 N–H and O–H groups in total. The Morgan fingerprint density at radius 2 is 2.03 bits per heavy atom. The monoisotopic (exact) mass is 482 g/mol.